The molecule has 0 aliphatic carbocycles. The van der Waals surface area contributed by atoms with Gasteiger partial charge in [0.05, 0.1) is 0 Å². The molecule has 0 amide bonds. The fraction of sp³-hybridized carbons (Fsp3) is 0.818. The van der Waals surface area contributed by atoms with E-state index in [2.05, 4.69) is 24.9 Å². The third-order valence-electron chi connectivity index (χ3n) is 2.59. The molecular formula is C11H21N. The predicted molar refractivity (Wildman–Crippen MR) is 54.1 cm³/mol. The predicted octanol–water partition coefficient (Wildman–Crippen LogP) is 3.18. The average Bonchev–Trinajstić information content (AvgIpc) is 2.53. The lowest BCUT2D eigenvalue weighted by Gasteiger charge is -2.13. The SMILES string of the molecule is CCCCCN1C=C(CC)CC1. The fourth-order valence-corrected chi connectivity index (χ4v) is 1.68. The van der Waals surface area contributed by atoms with E-state index in [9.17, 15) is 0 Å². The molecule has 1 heterocycles. The van der Waals surface area contributed by atoms with Gasteiger partial charge in [0, 0.05) is 13.1 Å². The first-order valence-electron chi connectivity index (χ1n) is 5.30. The summed E-state index contributed by atoms with van der Waals surface area (Å²) >= 11 is 0. The van der Waals surface area contributed by atoms with Crippen molar-refractivity contribution >= 4 is 0 Å². The van der Waals surface area contributed by atoms with Crippen LogP contribution in [0.15, 0.2) is 11.8 Å². The standard InChI is InChI=1S/C11H21N/c1-3-5-6-8-12-9-7-11(4-2)10-12/h10H,3-9H2,1-2H3. The monoisotopic (exact) mass is 167 g/mol. The van der Waals surface area contributed by atoms with Crippen LogP contribution < -0.4 is 0 Å². The van der Waals surface area contributed by atoms with Crippen LogP contribution in [0.2, 0.25) is 0 Å². The molecule has 1 aliphatic heterocycles. The summed E-state index contributed by atoms with van der Waals surface area (Å²) in [5.41, 5.74) is 1.63. The zero-order valence-corrected chi connectivity index (χ0v) is 8.47. The molecule has 0 aromatic carbocycles. The Balaban J connectivity index is 2.14. The third kappa shape index (κ3) is 2.88. The quantitative estimate of drug-likeness (QED) is 0.568. The van der Waals surface area contributed by atoms with Gasteiger partial charge in [0.15, 0.2) is 0 Å². The summed E-state index contributed by atoms with van der Waals surface area (Å²) in [5.74, 6) is 0. The van der Waals surface area contributed by atoms with Crippen LogP contribution >= 0.6 is 0 Å². The first kappa shape index (κ1) is 9.63. The van der Waals surface area contributed by atoms with Crippen molar-refractivity contribution in [2.45, 2.75) is 46.0 Å². The molecule has 1 heteroatoms. The summed E-state index contributed by atoms with van der Waals surface area (Å²) < 4.78 is 0. The van der Waals surface area contributed by atoms with Crippen LogP contribution in [-0.2, 0) is 0 Å². The van der Waals surface area contributed by atoms with Gasteiger partial charge in [-0.25, -0.2) is 0 Å². The Hall–Kier alpha value is -0.460. The van der Waals surface area contributed by atoms with Crippen LogP contribution in [0.5, 0.6) is 0 Å². The van der Waals surface area contributed by atoms with Crippen molar-refractivity contribution < 1.29 is 0 Å². The van der Waals surface area contributed by atoms with Crippen molar-refractivity contribution in [3.63, 3.8) is 0 Å². The van der Waals surface area contributed by atoms with E-state index >= 15 is 0 Å². The maximum Gasteiger partial charge on any atom is 0.0210 e. The second-order valence-electron chi connectivity index (χ2n) is 3.63. The number of hydrogen-bond acceptors (Lipinski definition) is 1. The Morgan fingerprint density at radius 1 is 1.33 bits per heavy atom. The summed E-state index contributed by atoms with van der Waals surface area (Å²) in [5, 5.41) is 0. The van der Waals surface area contributed by atoms with Gasteiger partial charge in [0.2, 0.25) is 0 Å². The molecule has 1 aliphatic rings. The van der Waals surface area contributed by atoms with Crippen LogP contribution in [0.25, 0.3) is 0 Å². The molecule has 0 bridgehead atoms. The van der Waals surface area contributed by atoms with Crippen molar-refractivity contribution in [3.8, 4) is 0 Å². The summed E-state index contributed by atoms with van der Waals surface area (Å²) in [6.45, 7) is 7.06. The summed E-state index contributed by atoms with van der Waals surface area (Å²) in [6, 6.07) is 0. The minimum atomic E-state index is 1.24. The average molecular weight is 167 g/mol. The van der Waals surface area contributed by atoms with Crippen LogP contribution in [0.1, 0.15) is 46.0 Å². The zero-order valence-electron chi connectivity index (χ0n) is 8.47. The smallest absolute Gasteiger partial charge is 0.0210 e. The molecule has 1 nitrogen and oxygen atoms in total. The van der Waals surface area contributed by atoms with Gasteiger partial charge < -0.3 is 4.90 Å². The molecule has 0 spiro atoms. The molecule has 0 aromatic rings. The number of hydrogen-bond donors (Lipinski definition) is 0. The van der Waals surface area contributed by atoms with E-state index < -0.39 is 0 Å². The minimum Gasteiger partial charge on any atom is -0.377 e. The summed E-state index contributed by atoms with van der Waals surface area (Å²) in [4.78, 5) is 2.48. The first-order valence-corrected chi connectivity index (χ1v) is 5.30. The number of rotatable bonds is 5. The van der Waals surface area contributed by atoms with Gasteiger partial charge >= 0.3 is 0 Å². The van der Waals surface area contributed by atoms with Crippen LogP contribution in [0, 0.1) is 0 Å². The van der Waals surface area contributed by atoms with Gasteiger partial charge in [-0.3, -0.25) is 0 Å². The molecule has 0 N–H and O–H groups in total. The number of nitrogens with zero attached hydrogens (tertiary/aromatic N) is 1. The van der Waals surface area contributed by atoms with Crippen molar-refractivity contribution in [3.05, 3.63) is 11.8 Å². The van der Waals surface area contributed by atoms with Crippen LogP contribution in [0.3, 0.4) is 0 Å². The Labute approximate surface area is 76.5 Å². The lowest BCUT2D eigenvalue weighted by atomic mass is 10.2. The topological polar surface area (TPSA) is 3.24 Å². The van der Waals surface area contributed by atoms with E-state index in [4.69, 9.17) is 0 Å². The van der Waals surface area contributed by atoms with E-state index in [1.54, 1.807) is 5.57 Å². The normalized spacial score (nSPS) is 16.8. The Morgan fingerprint density at radius 3 is 2.75 bits per heavy atom. The molecule has 1 rings (SSSR count). The van der Waals surface area contributed by atoms with Gasteiger partial charge in [-0.15, -0.1) is 0 Å². The van der Waals surface area contributed by atoms with Gasteiger partial charge in [-0.1, -0.05) is 32.3 Å². The molecule has 0 radical (unpaired) electrons. The molecule has 0 fully saturated rings. The lowest BCUT2D eigenvalue weighted by Crippen LogP contribution is -2.15. The first-order chi connectivity index (χ1) is 5.86. The molecule has 12 heavy (non-hydrogen) atoms. The molecule has 0 unspecified atom stereocenters. The highest BCUT2D eigenvalue weighted by Gasteiger charge is 2.09. The highest BCUT2D eigenvalue weighted by atomic mass is 15.1. The Kier molecular flexibility index (Phi) is 4.20. The fourth-order valence-electron chi connectivity index (χ4n) is 1.68. The summed E-state index contributed by atoms with van der Waals surface area (Å²) in [6.07, 6.45) is 9.00. The summed E-state index contributed by atoms with van der Waals surface area (Å²) in [7, 11) is 0. The Morgan fingerprint density at radius 2 is 2.17 bits per heavy atom. The van der Waals surface area contributed by atoms with E-state index in [0.29, 0.717) is 0 Å². The third-order valence-corrected chi connectivity index (χ3v) is 2.59. The van der Waals surface area contributed by atoms with Crippen LogP contribution in [-0.4, -0.2) is 18.0 Å². The largest absolute Gasteiger partial charge is 0.377 e. The van der Waals surface area contributed by atoms with E-state index in [1.165, 1.54) is 45.2 Å². The van der Waals surface area contributed by atoms with E-state index in [-0.39, 0.29) is 0 Å². The molecular weight excluding hydrogens is 146 g/mol. The maximum absolute atomic E-state index is 2.48. The van der Waals surface area contributed by atoms with Crippen molar-refractivity contribution in [1.29, 1.82) is 0 Å². The van der Waals surface area contributed by atoms with Crippen LogP contribution in [0.4, 0.5) is 0 Å². The minimum absolute atomic E-state index is 1.24. The maximum atomic E-state index is 2.48. The van der Waals surface area contributed by atoms with Gasteiger partial charge in [0.1, 0.15) is 0 Å². The lowest BCUT2D eigenvalue weighted by molar-refractivity contribution is 0.392. The van der Waals surface area contributed by atoms with Crippen molar-refractivity contribution in [1.82, 2.24) is 4.90 Å². The molecule has 0 aromatic heterocycles. The molecule has 0 saturated heterocycles. The van der Waals surface area contributed by atoms with E-state index in [0.717, 1.165) is 0 Å². The number of unbranched alkanes of at least 4 members (excludes halogenated alkanes) is 2. The van der Waals surface area contributed by atoms with Gasteiger partial charge in [-0.05, 0) is 25.5 Å². The van der Waals surface area contributed by atoms with Crippen molar-refractivity contribution in [2.75, 3.05) is 13.1 Å². The second-order valence-corrected chi connectivity index (χ2v) is 3.63. The highest BCUT2D eigenvalue weighted by Crippen LogP contribution is 2.17. The molecule has 0 atom stereocenters. The van der Waals surface area contributed by atoms with Crippen molar-refractivity contribution in [2.24, 2.45) is 0 Å². The van der Waals surface area contributed by atoms with E-state index in [1.807, 2.05) is 0 Å². The molecule has 70 valence electrons. The highest BCUT2D eigenvalue weighted by molar-refractivity contribution is 5.06. The van der Waals surface area contributed by atoms with Gasteiger partial charge in [-0.2, -0.15) is 0 Å². The molecule has 0 saturated carbocycles. The second kappa shape index (κ2) is 5.23. The zero-order chi connectivity index (χ0) is 8.81. The Bertz CT molecular complexity index is 149. The van der Waals surface area contributed by atoms with Gasteiger partial charge in [0.25, 0.3) is 0 Å².